The molecule has 1 aromatic rings. The Labute approximate surface area is 160 Å². The number of rotatable bonds is 6. The Morgan fingerprint density at radius 1 is 1.25 bits per heavy atom. The molecule has 3 rings (SSSR count). The predicted octanol–water partition coefficient (Wildman–Crippen LogP) is 2.56. The molecule has 0 aliphatic carbocycles. The van der Waals surface area contributed by atoms with Crippen LogP contribution in [0.25, 0.3) is 6.08 Å². The zero-order valence-corrected chi connectivity index (χ0v) is 15.4. The van der Waals surface area contributed by atoms with Gasteiger partial charge in [0, 0.05) is 29.9 Å². The highest BCUT2D eigenvalue weighted by Gasteiger charge is 2.33. The molecule has 146 valence electrons. The van der Waals surface area contributed by atoms with E-state index >= 15 is 0 Å². The zero-order chi connectivity index (χ0) is 20.4. The fourth-order valence-corrected chi connectivity index (χ4v) is 3.09. The largest absolute Gasteiger partial charge is 0.677 e. The summed E-state index contributed by atoms with van der Waals surface area (Å²) in [7, 11) is -2.80. The maximum atomic E-state index is 13.6. The molecule has 1 saturated heterocycles. The number of carbonyl (C=O) groups excluding carboxylic acids is 3. The SMILES string of the molecule is CC1=CC(C)=N/C1=C\c1ccc(CCC(=O)ON2C(=O)CCC2=O)n1B(F)F. The van der Waals surface area contributed by atoms with Gasteiger partial charge in [-0.2, -0.15) is 0 Å². The van der Waals surface area contributed by atoms with Crippen molar-refractivity contribution in [2.45, 2.75) is 39.5 Å². The van der Waals surface area contributed by atoms with Gasteiger partial charge in [0.1, 0.15) is 0 Å². The third-order valence-electron chi connectivity index (χ3n) is 4.42. The van der Waals surface area contributed by atoms with E-state index in [0.717, 1.165) is 15.8 Å². The molecule has 2 aliphatic rings. The summed E-state index contributed by atoms with van der Waals surface area (Å²) in [6.45, 7) is 3.67. The fourth-order valence-electron chi connectivity index (χ4n) is 3.09. The Morgan fingerprint density at radius 2 is 1.93 bits per heavy atom. The minimum atomic E-state index is -2.80. The first-order valence-electron chi connectivity index (χ1n) is 8.76. The Morgan fingerprint density at radius 3 is 2.50 bits per heavy atom. The molecule has 2 amide bonds. The summed E-state index contributed by atoms with van der Waals surface area (Å²) in [4.78, 5) is 43.9. The average Bonchev–Trinajstić information content (AvgIpc) is 3.27. The van der Waals surface area contributed by atoms with E-state index in [0.29, 0.717) is 10.8 Å². The molecular formula is C18H18BF2N3O4. The first kappa shape index (κ1) is 19.7. The summed E-state index contributed by atoms with van der Waals surface area (Å²) >= 11 is 0. The van der Waals surface area contributed by atoms with E-state index < -0.39 is 25.2 Å². The van der Waals surface area contributed by atoms with Gasteiger partial charge in [0.05, 0.1) is 12.1 Å². The highest BCUT2D eigenvalue weighted by Crippen LogP contribution is 2.24. The smallest absolute Gasteiger partial charge is 0.330 e. The van der Waals surface area contributed by atoms with Crippen LogP contribution in [0.5, 0.6) is 0 Å². The number of hydrogen-bond acceptors (Lipinski definition) is 5. The van der Waals surface area contributed by atoms with Crippen LogP contribution < -0.4 is 0 Å². The van der Waals surface area contributed by atoms with Gasteiger partial charge in [-0.15, -0.1) is 5.06 Å². The van der Waals surface area contributed by atoms with Crippen molar-refractivity contribution in [3.8, 4) is 0 Å². The number of aliphatic imine (C=N–C) groups is 1. The van der Waals surface area contributed by atoms with E-state index in [2.05, 4.69) is 4.99 Å². The lowest BCUT2D eigenvalue weighted by Crippen LogP contribution is -2.32. The summed E-state index contributed by atoms with van der Waals surface area (Å²) in [6.07, 6.45) is 3.14. The van der Waals surface area contributed by atoms with Gasteiger partial charge < -0.3 is 9.32 Å². The van der Waals surface area contributed by atoms with Crippen LogP contribution in [0.1, 0.15) is 44.5 Å². The number of carbonyl (C=O) groups is 3. The second-order valence-corrected chi connectivity index (χ2v) is 6.55. The number of aryl methyl sites for hydroxylation is 1. The van der Waals surface area contributed by atoms with Gasteiger partial charge in [-0.3, -0.25) is 23.2 Å². The van der Waals surface area contributed by atoms with Crippen molar-refractivity contribution in [2.75, 3.05) is 0 Å². The summed E-state index contributed by atoms with van der Waals surface area (Å²) in [5, 5.41) is 0.444. The van der Waals surface area contributed by atoms with Gasteiger partial charge in [0.25, 0.3) is 11.8 Å². The number of nitrogens with zero attached hydrogens (tertiary/aromatic N) is 3. The lowest BCUT2D eigenvalue weighted by Gasteiger charge is -2.13. The van der Waals surface area contributed by atoms with Crippen LogP contribution in [-0.4, -0.2) is 40.4 Å². The van der Waals surface area contributed by atoms with Crippen molar-refractivity contribution >= 4 is 37.0 Å². The summed E-state index contributed by atoms with van der Waals surface area (Å²) in [6, 6.07) is 3.03. The van der Waals surface area contributed by atoms with Crippen molar-refractivity contribution in [1.82, 2.24) is 9.54 Å². The minimum absolute atomic E-state index is 0.00576. The van der Waals surface area contributed by atoms with Crippen molar-refractivity contribution in [3.63, 3.8) is 0 Å². The number of amides is 2. The first-order chi connectivity index (χ1) is 13.3. The summed E-state index contributed by atoms with van der Waals surface area (Å²) in [5.74, 6) is -2.00. The third kappa shape index (κ3) is 4.10. The number of aromatic nitrogens is 1. The van der Waals surface area contributed by atoms with Crippen molar-refractivity contribution in [2.24, 2.45) is 4.99 Å². The fraction of sp³-hybridized carbons (Fsp3) is 0.333. The molecule has 7 nitrogen and oxygen atoms in total. The lowest BCUT2D eigenvalue weighted by atomic mass is 10.1. The van der Waals surface area contributed by atoms with Crippen LogP contribution in [-0.2, 0) is 25.6 Å². The molecule has 0 spiro atoms. The Hall–Kier alpha value is -3.04. The molecule has 1 fully saturated rings. The molecule has 10 heteroatoms. The molecule has 1 aromatic heterocycles. The molecule has 3 heterocycles. The average molecular weight is 389 g/mol. The van der Waals surface area contributed by atoms with Crippen LogP contribution in [0.4, 0.5) is 8.63 Å². The predicted molar refractivity (Wildman–Crippen MR) is 98.1 cm³/mol. The normalized spacial score (nSPS) is 18.0. The minimum Gasteiger partial charge on any atom is -0.330 e. The van der Waals surface area contributed by atoms with Gasteiger partial charge >= 0.3 is 13.4 Å². The number of imide groups is 1. The van der Waals surface area contributed by atoms with Gasteiger partial charge in [-0.1, -0.05) is 0 Å². The van der Waals surface area contributed by atoms with E-state index in [4.69, 9.17) is 4.84 Å². The maximum absolute atomic E-state index is 13.6. The molecule has 0 atom stereocenters. The van der Waals surface area contributed by atoms with Crippen LogP contribution in [0.15, 0.2) is 34.5 Å². The quantitative estimate of drug-likeness (QED) is 0.553. The van der Waals surface area contributed by atoms with E-state index in [1.807, 2.05) is 19.9 Å². The molecule has 0 saturated carbocycles. The standard InChI is InChI=1S/C18H18BF2N3O4/c1-11-9-12(2)22-15(11)10-14-4-3-13(23(14)19(20)21)5-8-18(27)28-24-16(25)6-7-17(24)26/h3-4,9-10H,5-8H2,1-2H3/b15-10-. The summed E-state index contributed by atoms with van der Waals surface area (Å²) in [5.41, 5.74) is 2.79. The third-order valence-corrected chi connectivity index (χ3v) is 4.42. The van der Waals surface area contributed by atoms with Crippen LogP contribution in [0.2, 0.25) is 0 Å². The Bertz CT molecular complexity index is 917. The van der Waals surface area contributed by atoms with Crippen LogP contribution in [0.3, 0.4) is 0 Å². The molecule has 28 heavy (non-hydrogen) atoms. The molecule has 0 radical (unpaired) electrons. The maximum Gasteiger partial charge on any atom is 0.677 e. The lowest BCUT2D eigenvalue weighted by molar-refractivity contribution is -0.197. The zero-order valence-electron chi connectivity index (χ0n) is 15.4. The highest BCUT2D eigenvalue weighted by atomic mass is 19.2. The van der Waals surface area contributed by atoms with E-state index in [1.54, 1.807) is 6.08 Å². The topological polar surface area (TPSA) is 81.0 Å². The van der Waals surface area contributed by atoms with E-state index in [-0.39, 0.29) is 37.1 Å². The number of halogens is 2. The molecule has 0 bridgehead atoms. The van der Waals surface area contributed by atoms with Gasteiger partial charge in [0.2, 0.25) is 0 Å². The monoisotopic (exact) mass is 389 g/mol. The molecule has 2 aliphatic heterocycles. The van der Waals surface area contributed by atoms with E-state index in [1.165, 1.54) is 12.1 Å². The molecule has 0 N–H and O–H groups in total. The molecule has 0 aromatic carbocycles. The number of hydroxylamine groups is 2. The second-order valence-electron chi connectivity index (χ2n) is 6.55. The number of allylic oxidation sites excluding steroid dienone is 2. The Balaban J connectivity index is 1.71. The second kappa shape index (κ2) is 7.91. The highest BCUT2D eigenvalue weighted by molar-refractivity contribution is 6.41. The molecule has 0 unspecified atom stereocenters. The van der Waals surface area contributed by atoms with Crippen molar-refractivity contribution in [3.05, 3.63) is 40.9 Å². The molecular weight excluding hydrogens is 371 g/mol. The number of hydrogen-bond donors (Lipinski definition) is 0. The first-order valence-corrected chi connectivity index (χ1v) is 8.76. The van der Waals surface area contributed by atoms with Gasteiger partial charge in [0.15, 0.2) is 0 Å². The van der Waals surface area contributed by atoms with Gasteiger partial charge in [-0.25, -0.2) is 4.79 Å². The Kier molecular flexibility index (Phi) is 5.57. The van der Waals surface area contributed by atoms with E-state index in [9.17, 15) is 23.0 Å². The van der Waals surface area contributed by atoms with Crippen LogP contribution >= 0.6 is 0 Å². The van der Waals surface area contributed by atoms with Crippen molar-refractivity contribution < 1.29 is 27.9 Å². The van der Waals surface area contributed by atoms with Gasteiger partial charge in [-0.05, 0) is 50.1 Å². The van der Waals surface area contributed by atoms with Crippen LogP contribution in [0, 0.1) is 0 Å². The summed E-state index contributed by atoms with van der Waals surface area (Å²) < 4.78 is 28.0. The van der Waals surface area contributed by atoms with Crippen molar-refractivity contribution in [1.29, 1.82) is 0 Å².